The Morgan fingerprint density at radius 3 is 2.61 bits per heavy atom. The van der Waals surface area contributed by atoms with E-state index in [1.807, 2.05) is 49.6 Å². The molecule has 10 heteroatoms. The van der Waals surface area contributed by atoms with Crippen molar-refractivity contribution in [2.45, 2.75) is 39.1 Å². The second kappa shape index (κ2) is 10.5. The van der Waals surface area contributed by atoms with Gasteiger partial charge in [-0.3, -0.25) is 4.79 Å². The van der Waals surface area contributed by atoms with Crippen molar-refractivity contribution in [2.24, 2.45) is 0 Å². The number of thiophene rings is 1. The van der Waals surface area contributed by atoms with Gasteiger partial charge in [0.05, 0.1) is 18.4 Å². The van der Waals surface area contributed by atoms with E-state index in [2.05, 4.69) is 15.5 Å². The largest absolute Gasteiger partial charge is 0.486 e. The van der Waals surface area contributed by atoms with Gasteiger partial charge in [-0.25, -0.2) is 4.79 Å². The molecule has 1 N–H and O–H groups in total. The van der Waals surface area contributed by atoms with Crippen molar-refractivity contribution in [1.29, 1.82) is 0 Å². The normalized spacial score (nSPS) is 10.7. The fraction of sp³-hybridized carbons (Fsp3) is 0.333. The van der Waals surface area contributed by atoms with Gasteiger partial charge in [-0.2, -0.15) is 0 Å². The number of carbonyl (C=O) groups is 2. The number of esters is 1. The van der Waals surface area contributed by atoms with E-state index in [0.717, 1.165) is 16.2 Å². The Kier molecular flexibility index (Phi) is 7.69. The summed E-state index contributed by atoms with van der Waals surface area (Å²) in [7, 11) is 1.31. The third-order valence-corrected chi connectivity index (χ3v) is 6.28. The average molecular weight is 461 g/mol. The number of methoxy groups -OCH3 is 1. The number of amides is 1. The molecule has 3 rings (SSSR count). The predicted molar refractivity (Wildman–Crippen MR) is 121 cm³/mol. The first-order valence-corrected chi connectivity index (χ1v) is 11.4. The molecular weight excluding hydrogens is 436 g/mol. The van der Waals surface area contributed by atoms with E-state index in [4.69, 9.17) is 9.47 Å². The molecule has 0 bridgehead atoms. The number of benzene rings is 1. The molecule has 31 heavy (non-hydrogen) atoms. The molecule has 1 aromatic carbocycles. The molecule has 0 aliphatic carbocycles. The summed E-state index contributed by atoms with van der Waals surface area (Å²) in [5, 5.41) is 12.3. The Labute approximate surface area is 189 Å². The zero-order valence-electron chi connectivity index (χ0n) is 17.8. The van der Waals surface area contributed by atoms with Crippen LogP contribution >= 0.6 is 23.1 Å². The maximum atomic E-state index is 12.4. The zero-order valence-corrected chi connectivity index (χ0v) is 19.4. The molecule has 0 radical (unpaired) electrons. The second-order valence-corrected chi connectivity index (χ2v) is 8.87. The number of aryl methyl sites for hydroxylation is 2. The lowest BCUT2D eigenvalue weighted by Gasteiger charge is -2.09. The fourth-order valence-corrected chi connectivity index (χ4v) is 4.53. The van der Waals surface area contributed by atoms with Gasteiger partial charge in [0.2, 0.25) is 5.91 Å². The highest BCUT2D eigenvalue weighted by atomic mass is 32.2. The number of carbonyl (C=O) groups excluding carboxylic acids is 2. The average Bonchev–Trinajstić information content (AvgIpc) is 3.33. The summed E-state index contributed by atoms with van der Waals surface area (Å²) in [6.07, 6.45) is 0. The molecular formula is C21H24N4O4S2. The van der Waals surface area contributed by atoms with Crippen LogP contribution in [0.25, 0.3) is 0 Å². The lowest BCUT2D eigenvalue weighted by Crippen LogP contribution is -2.16. The van der Waals surface area contributed by atoms with Crippen LogP contribution in [0.4, 0.5) is 5.00 Å². The van der Waals surface area contributed by atoms with Crippen molar-refractivity contribution < 1.29 is 19.1 Å². The smallest absolute Gasteiger partial charge is 0.340 e. The Bertz CT molecular complexity index is 1060. The van der Waals surface area contributed by atoms with Crippen LogP contribution in [-0.2, 0) is 22.7 Å². The van der Waals surface area contributed by atoms with E-state index in [1.165, 1.54) is 30.2 Å². The van der Waals surface area contributed by atoms with Crippen LogP contribution in [0, 0.1) is 13.8 Å². The lowest BCUT2D eigenvalue weighted by atomic mass is 10.2. The van der Waals surface area contributed by atoms with Gasteiger partial charge in [0.25, 0.3) is 0 Å². The molecule has 2 heterocycles. The van der Waals surface area contributed by atoms with E-state index in [0.29, 0.717) is 28.1 Å². The zero-order chi connectivity index (χ0) is 22.4. The highest BCUT2D eigenvalue weighted by Crippen LogP contribution is 2.28. The highest BCUT2D eigenvalue weighted by molar-refractivity contribution is 7.99. The van der Waals surface area contributed by atoms with Crippen LogP contribution in [0.15, 0.2) is 35.5 Å². The number of rotatable bonds is 9. The van der Waals surface area contributed by atoms with Gasteiger partial charge >= 0.3 is 5.97 Å². The van der Waals surface area contributed by atoms with Crippen LogP contribution in [0.2, 0.25) is 0 Å². The van der Waals surface area contributed by atoms with E-state index < -0.39 is 5.97 Å². The number of nitrogens with zero attached hydrogens (tertiary/aromatic N) is 3. The Morgan fingerprint density at radius 2 is 1.94 bits per heavy atom. The molecule has 0 aliphatic rings. The van der Waals surface area contributed by atoms with Crippen LogP contribution in [0.1, 0.15) is 33.5 Å². The van der Waals surface area contributed by atoms with E-state index in [1.54, 1.807) is 6.07 Å². The molecule has 2 aromatic heterocycles. The topological polar surface area (TPSA) is 95.3 Å². The van der Waals surface area contributed by atoms with Crippen LogP contribution in [0.3, 0.4) is 0 Å². The SMILES string of the molecule is CCn1c(COc2ccc(C)cc2)nnc1SCC(=O)Nc1sc(C)cc1C(=O)OC. The van der Waals surface area contributed by atoms with Gasteiger partial charge in [-0.05, 0) is 39.0 Å². The number of aromatic nitrogens is 3. The van der Waals surface area contributed by atoms with Gasteiger partial charge in [0.15, 0.2) is 11.0 Å². The van der Waals surface area contributed by atoms with Crippen molar-refractivity contribution in [3.8, 4) is 5.75 Å². The molecule has 8 nitrogen and oxygen atoms in total. The summed E-state index contributed by atoms with van der Waals surface area (Å²) in [6, 6.07) is 9.50. The lowest BCUT2D eigenvalue weighted by molar-refractivity contribution is -0.113. The van der Waals surface area contributed by atoms with E-state index >= 15 is 0 Å². The third kappa shape index (κ3) is 5.86. The van der Waals surface area contributed by atoms with Crippen LogP contribution in [-0.4, -0.2) is 39.5 Å². The Balaban J connectivity index is 1.60. The monoisotopic (exact) mass is 460 g/mol. The third-order valence-electron chi connectivity index (χ3n) is 4.34. The first-order chi connectivity index (χ1) is 14.9. The van der Waals surface area contributed by atoms with E-state index in [-0.39, 0.29) is 18.3 Å². The minimum Gasteiger partial charge on any atom is -0.486 e. The first-order valence-electron chi connectivity index (χ1n) is 9.64. The summed E-state index contributed by atoms with van der Waals surface area (Å²) in [4.78, 5) is 25.2. The molecule has 0 saturated carbocycles. The quantitative estimate of drug-likeness (QED) is 0.380. The summed E-state index contributed by atoms with van der Waals surface area (Å²) in [5.41, 5.74) is 1.52. The Hall–Kier alpha value is -2.85. The van der Waals surface area contributed by atoms with Gasteiger partial charge in [-0.15, -0.1) is 21.5 Å². The Morgan fingerprint density at radius 1 is 1.19 bits per heavy atom. The molecule has 0 unspecified atom stereocenters. The minimum absolute atomic E-state index is 0.133. The van der Waals surface area contributed by atoms with Crippen molar-refractivity contribution in [2.75, 3.05) is 18.2 Å². The van der Waals surface area contributed by atoms with Gasteiger partial charge in [0.1, 0.15) is 17.4 Å². The highest BCUT2D eigenvalue weighted by Gasteiger charge is 2.18. The predicted octanol–water partition coefficient (Wildman–Crippen LogP) is 4.07. The summed E-state index contributed by atoms with van der Waals surface area (Å²) >= 11 is 2.61. The number of hydrogen-bond donors (Lipinski definition) is 1. The standard InChI is InChI=1S/C21H24N4O4S2/c1-5-25-17(11-29-15-8-6-13(2)7-9-15)23-24-21(25)30-12-18(26)22-19-16(20(27)28-4)10-14(3)31-19/h6-10H,5,11-12H2,1-4H3,(H,22,26). The molecule has 0 fully saturated rings. The minimum atomic E-state index is -0.476. The molecule has 1 amide bonds. The van der Waals surface area contributed by atoms with Gasteiger partial charge in [-0.1, -0.05) is 29.5 Å². The molecule has 164 valence electrons. The molecule has 0 aliphatic heterocycles. The van der Waals surface area contributed by atoms with Crippen LogP contribution in [0.5, 0.6) is 5.75 Å². The van der Waals surface area contributed by atoms with Crippen molar-refractivity contribution in [1.82, 2.24) is 14.8 Å². The van der Waals surface area contributed by atoms with Gasteiger partial charge in [0, 0.05) is 11.4 Å². The molecule has 0 saturated heterocycles. The maximum absolute atomic E-state index is 12.4. The van der Waals surface area contributed by atoms with Crippen molar-refractivity contribution >= 4 is 40.0 Å². The molecule has 0 spiro atoms. The summed E-state index contributed by atoms with van der Waals surface area (Å²) < 4.78 is 12.5. The number of anilines is 1. The number of hydrogen-bond acceptors (Lipinski definition) is 8. The first kappa shape index (κ1) is 22.8. The summed E-state index contributed by atoms with van der Waals surface area (Å²) in [5.74, 6) is 0.871. The number of ether oxygens (including phenoxy) is 2. The van der Waals surface area contributed by atoms with Gasteiger partial charge < -0.3 is 19.4 Å². The summed E-state index contributed by atoms with van der Waals surface area (Å²) in [6.45, 7) is 6.81. The van der Waals surface area contributed by atoms with Crippen molar-refractivity contribution in [3.63, 3.8) is 0 Å². The second-order valence-electron chi connectivity index (χ2n) is 6.67. The van der Waals surface area contributed by atoms with Crippen LogP contribution < -0.4 is 10.1 Å². The number of thioether (sulfide) groups is 1. The van der Waals surface area contributed by atoms with Crippen molar-refractivity contribution in [3.05, 3.63) is 52.2 Å². The maximum Gasteiger partial charge on any atom is 0.340 e. The van der Waals surface area contributed by atoms with E-state index in [9.17, 15) is 9.59 Å². The molecule has 0 atom stereocenters. The number of nitrogens with one attached hydrogen (secondary N) is 1. The molecule has 3 aromatic rings. The fourth-order valence-electron chi connectivity index (χ4n) is 2.79.